The minimum atomic E-state index is 0.348. The zero-order valence-electron chi connectivity index (χ0n) is 12.8. The molecule has 1 aliphatic heterocycles. The summed E-state index contributed by atoms with van der Waals surface area (Å²) in [6.45, 7) is 4.24. The van der Waals surface area contributed by atoms with E-state index >= 15 is 0 Å². The smallest absolute Gasteiger partial charge is 0.120 e. The van der Waals surface area contributed by atoms with Crippen molar-refractivity contribution in [2.45, 2.75) is 19.4 Å². The molecule has 1 heterocycles. The van der Waals surface area contributed by atoms with Crippen LogP contribution in [0.5, 0.6) is 11.5 Å². The van der Waals surface area contributed by atoms with Gasteiger partial charge in [0.05, 0.1) is 7.11 Å². The Bertz CT molecular complexity index is 428. The van der Waals surface area contributed by atoms with Crippen LogP contribution in [-0.2, 0) is 6.54 Å². The number of phenolic OH excluding ortho intramolecular Hbond substituents is 1. The van der Waals surface area contributed by atoms with E-state index < -0.39 is 0 Å². The number of ether oxygens (including phenoxy) is 1. The molecule has 0 amide bonds. The van der Waals surface area contributed by atoms with Crippen molar-refractivity contribution in [3.63, 3.8) is 0 Å². The Hall–Kier alpha value is -1.26. The van der Waals surface area contributed by atoms with Gasteiger partial charge in [-0.05, 0) is 64.1 Å². The summed E-state index contributed by atoms with van der Waals surface area (Å²) in [5.41, 5.74) is 0.930. The quantitative estimate of drug-likeness (QED) is 0.895. The van der Waals surface area contributed by atoms with Crippen LogP contribution in [0.25, 0.3) is 0 Å². The van der Waals surface area contributed by atoms with Crippen LogP contribution in [0.2, 0.25) is 0 Å². The molecule has 1 aliphatic rings. The molecule has 1 saturated heterocycles. The zero-order chi connectivity index (χ0) is 14.5. The van der Waals surface area contributed by atoms with Crippen molar-refractivity contribution >= 4 is 0 Å². The Morgan fingerprint density at radius 1 is 1.35 bits per heavy atom. The van der Waals surface area contributed by atoms with Crippen molar-refractivity contribution in [3.8, 4) is 11.5 Å². The van der Waals surface area contributed by atoms with Crippen molar-refractivity contribution in [2.24, 2.45) is 5.92 Å². The van der Waals surface area contributed by atoms with Crippen LogP contribution in [0.15, 0.2) is 18.2 Å². The van der Waals surface area contributed by atoms with Gasteiger partial charge in [-0.15, -0.1) is 0 Å². The first kappa shape index (κ1) is 15.1. The minimum Gasteiger partial charge on any atom is -0.508 e. The molecule has 1 aromatic rings. The Balaban J connectivity index is 1.89. The zero-order valence-corrected chi connectivity index (χ0v) is 12.8. The molecule has 0 radical (unpaired) electrons. The monoisotopic (exact) mass is 278 g/mol. The fourth-order valence-electron chi connectivity index (χ4n) is 2.86. The topological polar surface area (TPSA) is 35.9 Å². The summed E-state index contributed by atoms with van der Waals surface area (Å²) in [5.74, 6) is 1.91. The van der Waals surface area contributed by atoms with Gasteiger partial charge >= 0.3 is 0 Å². The molecule has 4 nitrogen and oxygen atoms in total. The summed E-state index contributed by atoms with van der Waals surface area (Å²) in [6, 6.07) is 5.41. The Morgan fingerprint density at radius 2 is 2.05 bits per heavy atom. The molecule has 0 bridgehead atoms. The third kappa shape index (κ3) is 4.12. The maximum absolute atomic E-state index is 9.93. The van der Waals surface area contributed by atoms with Crippen molar-refractivity contribution in [1.29, 1.82) is 0 Å². The van der Waals surface area contributed by atoms with E-state index in [0.717, 1.165) is 30.3 Å². The molecule has 0 saturated carbocycles. The molecule has 1 fully saturated rings. The van der Waals surface area contributed by atoms with Crippen LogP contribution in [0.4, 0.5) is 0 Å². The fraction of sp³-hybridized carbons (Fsp3) is 0.625. The van der Waals surface area contributed by atoms with Crippen molar-refractivity contribution in [3.05, 3.63) is 23.8 Å². The highest BCUT2D eigenvalue weighted by atomic mass is 16.5. The number of likely N-dealkylation sites (tertiary alicyclic amines) is 1. The van der Waals surface area contributed by atoms with Crippen LogP contribution in [0.1, 0.15) is 18.4 Å². The maximum Gasteiger partial charge on any atom is 0.120 e. The summed E-state index contributed by atoms with van der Waals surface area (Å²) >= 11 is 0. The number of methoxy groups -OCH3 is 1. The molecule has 0 atom stereocenters. The number of benzene rings is 1. The molecule has 4 heteroatoms. The Kier molecular flexibility index (Phi) is 5.26. The predicted octanol–water partition coefficient (Wildman–Crippen LogP) is 2.17. The lowest BCUT2D eigenvalue weighted by Crippen LogP contribution is -2.35. The third-order valence-corrected chi connectivity index (χ3v) is 4.13. The predicted molar refractivity (Wildman–Crippen MR) is 81.2 cm³/mol. The SMILES string of the molecule is COc1ccc(O)c(CN(C)CC2CCN(C)CC2)c1. The van der Waals surface area contributed by atoms with Gasteiger partial charge in [-0.1, -0.05) is 0 Å². The Labute approximate surface area is 122 Å². The minimum absolute atomic E-state index is 0.348. The first-order valence-corrected chi connectivity index (χ1v) is 7.31. The molecule has 20 heavy (non-hydrogen) atoms. The number of nitrogens with zero attached hydrogens (tertiary/aromatic N) is 2. The van der Waals surface area contributed by atoms with E-state index in [2.05, 4.69) is 23.9 Å². The molecule has 0 unspecified atom stereocenters. The van der Waals surface area contributed by atoms with Gasteiger partial charge in [0.25, 0.3) is 0 Å². The lowest BCUT2D eigenvalue weighted by Gasteiger charge is -2.31. The lowest BCUT2D eigenvalue weighted by atomic mass is 9.96. The number of hydrogen-bond acceptors (Lipinski definition) is 4. The Morgan fingerprint density at radius 3 is 2.70 bits per heavy atom. The van der Waals surface area contributed by atoms with E-state index in [1.54, 1.807) is 19.2 Å². The second kappa shape index (κ2) is 6.95. The summed E-state index contributed by atoms with van der Waals surface area (Å²) < 4.78 is 5.22. The fourth-order valence-corrected chi connectivity index (χ4v) is 2.86. The number of rotatable bonds is 5. The summed E-state index contributed by atoms with van der Waals surface area (Å²) in [7, 11) is 5.96. The first-order chi connectivity index (χ1) is 9.58. The maximum atomic E-state index is 9.93. The van der Waals surface area contributed by atoms with Gasteiger partial charge in [-0.25, -0.2) is 0 Å². The molecule has 1 N–H and O–H groups in total. The highest BCUT2D eigenvalue weighted by molar-refractivity contribution is 5.39. The van der Waals surface area contributed by atoms with Crippen LogP contribution in [0, 0.1) is 5.92 Å². The number of phenols is 1. The van der Waals surface area contributed by atoms with Crippen LogP contribution in [0.3, 0.4) is 0 Å². The average Bonchev–Trinajstić information content (AvgIpc) is 2.44. The van der Waals surface area contributed by atoms with E-state index in [0.29, 0.717) is 5.75 Å². The second-order valence-electron chi connectivity index (χ2n) is 5.94. The van der Waals surface area contributed by atoms with E-state index in [1.165, 1.54) is 25.9 Å². The molecule has 0 aromatic heterocycles. The van der Waals surface area contributed by atoms with Gasteiger partial charge in [-0.2, -0.15) is 0 Å². The van der Waals surface area contributed by atoms with E-state index in [4.69, 9.17) is 4.74 Å². The third-order valence-electron chi connectivity index (χ3n) is 4.13. The molecule has 0 spiro atoms. The largest absolute Gasteiger partial charge is 0.508 e. The van der Waals surface area contributed by atoms with Crippen molar-refractivity contribution < 1.29 is 9.84 Å². The summed E-state index contributed by atoms with van der Waals surface area (Å²) in [6.07, 6.45) is 2.54. The van der Waals surface area contributed by atoms with Gasteiger partial charge in [0.1, 0.15) is 11.5 Å². The van der Waals surface area contributed by atoms with Gasteiger partial charge in [0.15, 0.2) is 0 Å². The summed E-state index contributed by atoms with van der Waals surface area (Å²) in [4.78, 5) is 4.69. The van der Waals surface area contributed by atoms with Gasteiger partial charge in [0, 0.05) is 18.7 Å². The number of piperidine rings is 1. The van der Waals surface area contributed by atoms with Crippen LogP contribution < -0.4 is 4.74 Å². The van der Waals surface area contributed by atoms with Crippen LogP contribution >= 0.6 is 0 Å². The second-order valence-corrected chi connectivity index (χ2v) is 5.94. The lowest BCUT2D eigenvalue weighted by molar-refractivity contribution is 0.172. The normalized spacial score (nSPS) is 17.6. The van der Waals surface area contributed by atoms with E-state index in [-0.39, 0.29) is 0 Å². The molecule has 1 aromatic carbocycles. The number of aromatic hydroxyl groups is 1. The highest BCUT2D eigenvalue weighted by Crippen LogP contribution is 2.25. The molecule has 112 valence electrons. The van der Waals surface area contributed by atoms with Crippen molar-refractivity contribution in [2.75, 3.05) is 40.8 Å². The van der Waals surface area contributed by atoms with Gasteiger partial charge in [0.2, 0.25) is 0 Å². The molecule has 2 rings (SSSR count). The molecular weight excluding hydrogens is 252 g/mol. The van der Waals surface area contributed by atoms with Gasteiger partial charge < -0.3 is 19.6 Å². The highest BCUT2D eigenvalue weighted by Gasteiger charge is 2.18. The van der Waals surface area contributed by atoms with Crippen molar-refractivity contribution in [1.82, 2.24) is 9.80 Å². The molecular formula is C16H26N2O2. The van der Waals surface area contributed by atoms with E-state index in [1.807, 2.05) is 6.07 Å². The number of hydrogen-bond donors (Lipinski definition) is 1. The van der Waals surface area contributed by atoms with Crippen LogP contribution in [-0.4, -0.2) is 55.7 Å². The molecule has 0 aliphatic carbocycles. The first-order valence-electron chi connectivity index (χ1n) is 7.31. The summed E-state index contributed by atoms with van der Waals surface area (Å²) in [5, 5.41) is 9.93. The van der Waals surface area contributed by atoms with Gasteiger partial charge in [-0.3, -0.25) is 0 Å². The van der Waals surface area contributed by atoms with E-state index in [9.17, 15) is 5.11 Å². The standard InChI is InChI=1S/C16H26N2O2/c1-17-8-6-13(7-9-17)11-18(2)12-14-10-15(20-3)4-5-16(14)19/h4-5,10,13,19H,6-9,11-12H2,1-3H3. The average molecular weight is 278 g/mol.